The van der Waals surface area contributed by atoms with Gasteiger partial charge < -0.3 is 15.2 Å². The van der Waals surface area contributed by atoms with Crippen molar-refractivity contribution in [2.75, 3.05) is 13.2 Å². The van der Waals surface area contributed by atoms with E-state index in [9.17, 15) is 0 Å². The molecule has 0 radical (unpaired) electrons. The lowest BCUT2D eigenvalue weighted by molar-refractivity contribution is 0.189. The Morgan fingerprint density at radius 1 is 1.83 bits per heavy atom. The van der Waals surface area contributed by atoms with E-state index in [4.69, 9.17) is 9.84 Å². The van der Waals surface area contributed by atoms with Crippen molar-refractivity contribution in [3.8, 4) is 0 Å². The zero-order valence-corrected chi connectivity index (χ0v) is 7.71. The summed E-state index contributed by atoms with van der Waals surface area (Å²) in [7, 11) is 0. The molecule has 1 aliphatic rings. The highest BCUT2D eigenvalue weighted by Gasteiger charge is 2.13. The molecule has 0 aromatic carbocycles. The molecule has 1 rings (SSSR count). The molecule has 2 N–H and O–H groups in total. The van der Waals surface area contributed by atoms with Crippen LogP contribution in [0.4, 0.5) is 0 Å². The zero-order chi connectivity index (χ0) is 8.97. The third-order valence-electron chi connectivity index (χ3n) is 1.94. The number of ether oxygens (including phenoxy) is 1. The van der Waals surface area contributed by atoms with E-state index in [1.165, 1.54) is 0 Å². The van der Waals surface area contributed by atoms with E-state index in [0.717, 1.165) is 18.7 Å². The maximum atomic E-state index is 8.77. The van der Waals surface area contributed by atoms with Crippen LogP contribution in [0.15, 0.2) is 12.0 Å². The Bertz CT molecular complexity index is 168. The highest BCUT2D eigenvalue weighted by Crippen LogP contribution is 2.14. The summed E-state index contributed by atoms with van der Waals surface area (Å²) in [6.07, 6.45) is 3.03. The molecule has 0 aromatic rings. The van der Waals surface area contributed by atoms with E-state index in [1.807, 2.05) is 13.8 Å². The number of hydrogen-bond donors (Lipinski definition) is 2. The van der Waals surface area contributed by atoms with Crippen LogP contribution in [0.1, 0.15) is 20.3 Å². The van der Waals surface area contributed by atoms with Gasteiger partial charge in [0, 0.05) is 25.3 Å². The van der Waals surface area contributed by atoms with Crippen LogP contribution in [-0.4, -0.2) is 24.4 Å². The summed E-state index contributed by atoms with van der Waals surface area (Å²) in [4.78, 5) is 0. The van der Waals surface area contributed by atoms with Crippen LogP contribution in [0.5, 0.6) is 0 Å². The highest BCUT2D eigenvalue weighted by atomic mass is 16.5. The van der Waals surface area contributed by atoms with Crippen molar-refractivity contribution in [3.63, 3.8) is 0 Å². The minimum atomic E-state index is 0.233. The maximum absolute atomic E-state index is 8.77. The molecule has 0 bridgehead atoms. The predicted molar refractivity (Wildman–Crippen MR) is 47.5 cm³/mol. The molecule has 0 aromatic heterocycles. The molecule has 0 spiro atoms. The fourth-order valence-electron chi connectivity index (χ4n) is 1.09. The molecule has 0 fully saturated rings. The molecule has 3 heteroatoms. The van der Waals surface area contributed by atoms with Crippen molar-refractivity contribution in [1.29, 1.82) is 0 Å². The van der Waals surface area contributed by atoms with Crippen LogP contribution < -0.4 is 5.32 Å². The third kappa shape index (κ3) is 2.74. The van der Waals surface area contributed by atoms with Gasteiger partial charge in [-0.3, -0.25) is 0 Å². The van der Waals surface area contributed by atoms with E-state index >= 15 is 0 Å². The molecular weight excluding hydrogens is 154 g/mol. The second-order valence-electron chi connectivity index (χ2n) is 3.46. The third-order valence-corrected chi connectivity index (χ3v) is 1.94. The van der Waals surface area contributed by atoms with E-state index < -0.39 is 0 Å². The van der Waals surface area contributed by atoms with Gasteiger partial charge in [0.05, 0.1) is 0 Å². The molecule has 12 heavy (non-hydrogen) atoms. The van der Waals surface area contributed by atoms with Crippen LogP contribution in [-0.2, 0) is 4.74 Å². The molecule has 1 heterocycles. The smallest absolute Gasteiger partial charge is 0.102 e. The van der Waals surface area contributed by atoms with Crippen LogP contribution in [0, 0.1) is 5.92 Å². The van der Waals surface area contributed by atoms with Crippen molar-refractivity contribution < 1.29 is 9.84 Å². The molecule has 2 unspecified atom stereocenters. The average molecular weight is 171 g/mol. The number of rotatable bonds is 4. The van der Waals surface area contributed by atoms with E-state index in [0.29, 0.717) is 12.0 Å². The van der Waals surface area contributed by atoms with Crippen LogP contribution in [0.3, 0.4) is 0 Å². The minimum absolute atomic E-state index is 0.233. The summed E-state index contributed by atoms with van der Waals surface area (Å²) >= 11 is 0. The second-order valence-corrected chi connectivity index (χ2v) is 3.46. The first kappa shape index (κ1) is 9.39. The quantitative estimate of drug-likeness (QED) is 0.659. The lowest BCUT2D eigenvalue weighted by Gasteiger charge is -2.10. The van der Waals surface area contributed by atoms with Crippen molar-refractivity contribution in [1.82, 2.24) is 5.32 Å². The van der Waals surface area contributed by atoms with E-state index in [1.54, 1.807) is 6.26 Å². The normalized spacial score (nSPS) is 24.6. The molecule has 0 saturated heterocycles. The zero-order valence-electron chi connectivity index (χ0n) is 7.71. The van der Waals surface area contributed by atoms with Gasteiger partial charge in [-0.15, -0.1) is 0 Å². The molecular formula is C9H17NO2. The van der Waals surface area contributed by atoms with Gasteiger partial charge in [0.2, 0.25) is 0 Å². The van der Waals surface area contributed by atoms with Crippen molar-refractivity contribution >= 4 is 0 Å². The molecule has 1 aliphatic heterocycles. The Hall–Kier alpha value is -0.700. The topological polar surface area (TPSA) is 41.5 Å². The Balaban J connectivity index is 2.16. The molecule has 0 aliphatic carbocycles. The minimum Gasteiger partial charge on any atom is -0.496 e. The SMILES string of the molecule is CC(CO)CNC1=COC(C)C1. The first-order chi connectivity index (χ1) is 5.72. The lowest BCUT2D eigenvalue weighted by Crippen LogP contribution is -2.22. The summed E-state index contributed by atoms with van der Waals surface area (Å²) in [6.45, 7) is 5.10. The van der Waals surface area contributed by atoms with E-state index in [-0.39, 0.29) is 6.61 Å². The van der Waals surface area contributed by atoms with Crippen molar-refractivity contribution in [3.05, 3.63) is 12.0 Å². The first-order valence-electron chi connectivity index (χ1n) is 4.41. The molecule has 3 nitrogen and oxygen atoms in total. The predicted octanol–water partition coefficient (Wildman–Crippen LogP) is 0.855. The van der Waals surface area contributed by atoms with Gasteiger partial charge in [0.15, 0.2) is 0 Å². The Morgan fingerprint density at radius 3 is 3.08 bits per heavy atom. The standard InChI is InChI=1S/C9H17NO2/c1-7(5-11)4-10-9-3-8(2)12-6-9/h6-8,10-11H,3-5H2,1-2H3. The van der Waals surface area contributed by atoms with E-state index in [2.05, 4.69) is 5.32 Å². The monoisotopic (exact) mass is 171 g/mol. The van der Waals surface area contributed by atoms with Gasteiger partial charge >= 0.3 is 0 Å². The van der Waals surface area contributed by atoms with Gasteiger partial charge in [0.1, 0.15) is 12.4 Å². The molecule has 2 atom stereocenters. The van der Waals surface area contributed by atoms with Gasteiger partial charge in [0.25, 0.3) is 0 Å². The fourth-order valence-corrected chi connectivity index (χ4v) is 1.09. The number of aliphatic hydroxyl groups is 1. The molecule has 0 saturated carbocycles. The van der Waals surface area contributed by atoms with Gasteiger partial charge in [-0.25, -0.2) is 0 Å². The van der Waals surface area contributed by atoms with Crippen molar-refractivity contribution in [2.45, 2.75) is 26.4 Å². The summed E-state index contributed by atoms with van der Waals surface area (Å²) in [5.74, 6) is 0.307. The largest absolute Gasteiger partial charge is 0.496 e. The maximum Gasteiger partial charge on any atom is 0.102 e. The fraction of sp³-hybridized carbons (Fsp3) is 0.778. The number of nitrogens with one attached hydrogen (secondary N) is 1. The second kappa shape index (κ2) is 4.36. The van der Waals surface area contributed by atoms with Crippen LogP contribution >= 0.6 is 0 Å². The van der Waals surface area contributed by atoms with Crippen molar-refractivity contribution in [2.24, 2.45) is 5.92 Å². The van der Waals surface area contributed by atoms with Crippen LogP contribution in [0.2, 0.25) is 0 Å². The summed E-state index contributed by atoms with van der Waals surface area (Å²) in [5.41, 5.74) is 1.14. The Kier molecular flexibility index (Phi) is 3.41. The van der Waals surface area contributed by atoms with Gasteiger partial charge in [-0.2, -0.15) is 0 Å². The Labute approximate surface area is 73.4 Å². The highest BCUT2D eigenvalue weighted by molar-refractivity contribution is 5.02. The summed E-state index contributed by atoms with van der Waals surface area (Å²) in [6, 6.07) is 0. The number of hydrogen-bond acceptors (Lipinski definition) is 3. The first-order valence-corrected chi connectivity index (χ1v) is 4.41. The Morgan fingerprint density at radius 2 is 2.58 bits per heavy atom. The summed E-state index contributed by atoms with van der Waals surface area (Å²) < 4.78 is 5.24. The lowest BCUT2D eigenvalue weighted by atomic mass is 10.2. The molecule has 70 valence electrons. The van der Waals surface area contributed by atoms with Crippen LogP contribution in [0.25, 0.3) is 0 Å². The number of aliphatic hydroxyl groups excluding tert-OH is 1. The summed E-state index contributed by atoms with van der Waals surface area (Å²) in [5, 5.41) is 12.0. The van der Waals surface area contributed by atoms with Gasteiger partial charge in [-0.1, -0.05) is 6.92 Å². The molecule has 0 amide bonds. The van der Waals surface area contributed by atoms with Gasteiger partial charge in [-0.05, 0) is 12.8 Å². The average Bonchev–Trinajstić information content (AvgIpc) is 2.47.